The van der Waals surface area contributed by atoms with Crippen molar-refractivity contribution >= 4 is 11.9 Å². The number of aryl methyl sites for hydroxylation is 3. The molecule has 0 aliphatic rings. The van der Waals surface area contributed by atoms with Gasteiger partial charge < -0.3 is 15.2 Å². The average molecular weight is 307 g/mol. The van der Waals surface area contributed by atoms with Gasteiger partial charge in [-0.2, -0.15) is 0 Å². The molecule has 1 aromatic rings. The Bertz CT molecular complexity index is 545. The molecule has 5 nitrogen and oxygen atoms in total. The number of ether oxygens (including phenoxy) is 1. The third-order valence-electron chi connectivity index (χ3n) is 3.62. The number of rotatable bonds is 7. The molecule has 0 heterocycles. The fourth-order valence-electron chi connectivity index (χ4n) is 2.81. The molecule has 0 spiro atoms. The van der Waals surface area contributed by atoms with Crippen LogP contribution in [0.5, 0.6) is 0 Å². The number of carboxylic acid groups (broad SMARTS) is 1. The van der Waals surface area contributed by atoms with Crippen LogP contribution in [-0.2, 0) is 20.7 Å². The van der Waals surface area contributed by atoms with Gasteiger partial charge in [0.2, 0.25) is 5.91 Å². The smallest absolute Gasteiger partial charge is 0.305 e. The molecule has 1 unspecified atom stereocenters. The first-order valence-corrected chi connectivity index (χ1v) is 7.25. The van der Waals surface area contributed by atoms with Gasteiger partial charge >= 0.3 is 5.97 Å². The van der Waals surface area contributed by atoms with E-state index in [1.54, 1.807) is 6.92 Å². The Balaban J connectivity index is 2.86. The highest BCUT2D eigenvalue weighted by atomic mass is 16.5. The number of benzene rings is 1. The summed E-state index contributed by atoms with van der Waals surface area (Å²) in [6.07, 6.45) is 0.0509. The van der Waals surface area contributed by atoms with Crippen molar-refractivity contribution in [1.82, 2.24) is 5.32 Å². The Kier molecular flexibility index (Phi) is 6.11. The van der Waals surface area contributed by atoms with Gasteiger partial charge in [0.1, 0.15) is 0 Å². The van der Waals surface area contributed by atoms with Gasteiger partial charge in [0.25, 0.3) is 0 Å². The first-order valence-electron chi connectivity index (χ1n) is 7.25. The molecule has 122 valence electrons. The van der Waals surface area contributed by atoms with Crippen LogP contribution in [-0.4, -0.2) is 36.2 Å². The fraction of sp³-hybridized carbons (Fsp3) is 0.529. The zero-order valence-electron chi connectivity index (χ0n) is 13.9. The Hall–Kier alpha value is -1.88. The van der Waals surface area contributed by atoms with Crippen molar-refractivity contribution in [2.75, 3.05) is 13.7 Å². The molecule has 0 saturated heterocycles. The van der Waals surface area contributed by atoms with Crippen molar-refractivity contribution < 1.29 is 19.4 Å². The van der Waals surface area contributed by atoms with Crippen molar-refractivity contribution in [3.05, 3.63) is 34.4 Å². The molecule has 1 aromatic carbocycles. The van der Waals surface area contributed by atoms with Crippen molar-refractivity contribution in [2.45, 2.75) is 46.1 Å². The number of carbonyl (C=O) groups is 2. The molecule has 0 aromatic heterocycles. The van der Waals surface area contributed by atoms with E-state index in [0.29, 0.717) is 0 Å². The lowest BCUT2D eigenvalue weighted by molar-refractivity contribution is -0.139. The lowest BCUT2D eigenvalue weighted by Crippen LogP contribution is -2.51. The van der Waals surface area contributed by atoms with Gasteiger partial charge in [-0.25, -0.2) is 0 Å². The highest BCUT2D eigenvalue weighted by Crippen LogP contribution is 2.18. The van der Waals surface area contributed by atoms with Crippen LogP contribution in [0.25, 0.3) is 0 Å². The van der Waals surface area contributed by atoms with E-state index in [4.69, 9.17) is 9.84 Å². The molecule has 22 heavy (non-hydrogen) atoms. The molecule has 2 N–H and O–H groups in total. The number of methoxy groups -OCH3 is 1. The van der Waals surface area contributed by atoms with E-state index in [2.05, 4.69) is 5.32 Å². The molecule has 0 radical (unpaired) electrons. The Morgan fingerprint density at radius 2 is 1.77 bits per heavy atom. The summed E-state index contributed by atoms with van der Waals surface area (Å²) in [6.45, 7) is 7.81. The van der Waals surface area contributed by atoms with Crippen LogP contribution < -0.4 is 5.32 Å². The first kappa shape index (κ1) is 18.2. The number of hydrogen-bond acceptors (Lipinski definition) is 3. The van der Waals surface area contributed by atoms with E-state index in [1.807, 2.05) is 32.9 Å². The number of hydrogen-bond donors (Lipinski definition) is 2. The van der Waals surface area contributed by atoms with Crippen LogP contribution in [0.4, 0.5) is 0 Å². The third kappa shape index (κ3) is 5.15. The largest absolute Gasteiger partial charge is 0.481 e. The van der Waals surface area contributed by atoms with Crippen LogP contribution in [0.1, 0.15) is 35.6 Å². The van der Waals surface area contributed by atoms with E-state index < -0.39 is 11.5 Å². The molecule has 5 heteroatoms. The summed E-state index contributed by atoms with van der Waals surface area (Å²) in [7, 11) is 1.49. The van der Waals surface area contributed by atoms with Crippen LogP contribution in [0, 0.1) is 20.8 Å². The van der Waals surface area contributed by atoms with Gasteiger partial charge in [-0.1, -0.05) is 17.7 Å². The zero-order chi connectivity index (χ0) is 16.9. The second kappa shape index (κ2) is 7.40. The summed E-state index contributed by atoms with van der Waals surface area (Å²) in [5.74, 6) is -1.17. The van der Waals surface area contributed by atoms with Crippen LogP contribution in [0.3, 0.4) is 0 Å². The normalized spacial score (nSPS) is 13.5. The molecule has 0 bridgehead atoms. The fourth-order valence-corrected chi connectivity index (χ4v) is 2.81. The van der Waals surface area contributed by atoms with Gasteiger partial charge in [0.05, 0.1) is 25.0 Å². The maximum atomic E-state index is 12.3. The lowest BCUT2D eigenvalue weighted by Gasteiger charge is -2.28. The van der Waals surface area contributed by atoms with Crippen LogP contribution >= 0.6 is 0 Å². The van der Waals surface area contributed by atoms with E-state index in [9.17, 15) is 9.59 Å². The second-order valence-corrected chi connectivity index (χ2v) is 6.17. The first-order chi connectivity index (χ1) is 10.2. The summed E-state index contributed by atoms with van der Waals surface area (Å²) in [6, 6.07) is 4.09. The Labute approximate surface area is 131 Å². The van der Waals surface area contributed by atoms with Crippen molar-refractivity contribution in [3.63, 3.8) is 0 Å². The Morgan fingerprint density at radius 1 is 1.23 bits per heavy atom. The monoisotopic (exact) mass is 307 g/mol. The number of carboxylic acids is 1. The maximum absolute atomic E-state index is 12.3. The molecule has 0 aliphatic carbocycles. The third-order valence-corrected chi connectivity index (χ3v) is 3.62. The predicted molar refractivity (Wildman–Crippen MR) is 85.0 cm³/mol. The minimum absolute atomic E-state index is 0.150. The SMILES string of the molecule is COCC(C)(CC(=O)O)NC(=O)Cc1c(C)cc(C)cc1C. The van der Waals surface area contributed by atoms with Crippen LogP contribution in [0.2, 0.25) is 0 Å². The molecule has 0 aliphatic heterocycles. The quantitative estimate of drug-likeness (QED) is 0.809. The summed E-state index contributed by atoms with van der Waals surface area (Å²) in [5, 5.41) is 11.8. The maximum Gasteiger partial charge on any atom is 0.305 e. The minimum atomic E-state index is -0.970. The molecular weight excluding hydrogens is 282 g/mol. The minimum Gasteiger partial charge on any atom is -0.481 e. The molecule has 1 rings (SSSR count). The summed E-state index contributed by atoms with van der Waals surface area (Å²) in [4.78, 5) is 23.3. The van der Waals surface area contributed by atoms with Crippen molar-refractivity contribution in [2.24, 2.45) is 0 Å². The average Bonchev–Trinajstić information content (AvgIpc) is 2.32. The molecular formula is C17H25NO4. The van der Waals surface area contributed by atoms with Gasteiger partial charge in [-0.15, -0.1) is 0 Å². The Morgan fingerprint density at radius 3 is 2.23 bits per heavy atom. The summed E-state index contributed by atoms with van der Waals surface area (Å²) < 4.78 is 5.04. The molecule has 1 atom stereocenters. The van der Waals surface area contributed by atoms with Crippen molar-refractivity contribution in [1.29, 1.82) is 0 Å². The van der Waals surface area contributed by atoms with E-state index in [-0.39, 0.29) is 25.4 Å². The van der Waals surface area contributed by atoms with Gasteiger partial charge in [0.15, 0.2) is 0 Å². The lowest BCUT2D eigenvalue weighted by atomic mass is 9.95. The number of carbonyl (C=O) groups excluding carboxylic acids is 1. The van der Waals surface area contributed by atoms with Crippen molar-refractivity contribution in [3.8, 4) is 0 Å². The second-order valence-electron chi connectivity index (χ2n) is 6.17. The van der Waals surface area contributed by atoms with Gasteiger partial charge in [-0.3, -0.25) is 9.59 Å². The predicted octanol–water partition coefficient (Wildman–Crippen LogP) is 2.15. The zero-order valence-corrected chi connectivity index (χ0v) is 13.9. The summed E-state index contributed by atoms with van der Waals surface area (Å²) >= 11 is 0. The number of aliphatic carboxylic acids is 1. The number of nitrogens with one attached hydrogen (secondary N) is 1. The van der Waals surface area contributed by atoms with E-state index >= 15 is 0 Å². The van der Waals surface area contributed by atoms with Crippen LogP contribution in [0.15, 0.2) is 12.1 Å². The van der Waals surface area contributed by atoms with Gasteiger partial charge in [0, 0.05) is 7.11 Å². The highest BCUT2D eigenvalue weighted by Gasteiger charge is 2.29. The highest BCUT2D eigenvalue weighted by molar-refractivity contribution is 5.81. The van der Waals surface area contributed by atoms with Gasteiger partial charge in [-0.05, 0) is 44.4 Å². The summed E-state index contributed by atoms with van der Waals surface area (Å²) in [5.41, 5.74) is 3.37. The number of amides is 1. The molecule has 0 saturated carbocycles. The standard InChI is InChI=1S/C17H25NO4/c1-11-6-12(2)14(13(3)7-11)8-15(19)18-17(4,10-22-5)9-16(20)21/h6-7H,8-10H2,1-5H3,(H,18,19)(H,20,21). The van der Waals surface area contributed by atoms with E-state index in [1.165, 1.54) is 7.11 Å². The van der Waals surface area contributed by atoms with E-state index in [0.717, 1.165) is 22.3 Å². The molecule has 1 amide bonds. The topological polar surface area (TPSA) is 75.6 Å². The molecule has 0 fully saturated rings.